The molecule has 4 heteroatoms. The molecule has 1 aromatic rings. The van der Waals surface area contributed by atoms with E-state index in [0.717, 1.165) is 31.5 Å². The van der Waals surface area contributed by atoms with Crippen LogP contribution in [0.2, 0.25) is 0 Å². The SMILES string of the molecule is CCCNC(CCC)c1cc(OC)ncn1. The van der Waals surface area contributed by atoms with Crippen molar-refractivity contribution in [3.63, 3.8) is 0 Å². The zero-order valence-corrected chi connectivity index (χ0v) is 10.4. The van der Waals surface area contributed by atoms with Crippen LogP contribution in [-0.4, -0.2) is 23.6 Å². The topological polar surface area (TPSA) is 47.0 Å². The Bertz CT molecular complexity index is 304. The summed E-state index contributed by atoms with van der Waals surface area (Å²) in [6.07, 6.45) is 4.90. The highest BCUT2D eigenvalue weighted by Crippen LogP contribution is 2.18. The number of methoxy groups -OCH3 is 1. The largest absolute Gasteiger partial charge is 0.481 e. The normalized spacial score (nSPS) is 12.4. The second-order valence-electron chi connectivity index (χ2n) is 3.78. The van der Waals surface area contributed by atoms with E-state index in [-0.39, 0.29) is 0 Å². The summed E-state index contributed by atoms with van der Waals surface area (Å²) in [7, 11) is 1.63. The summed E-state index contributed by atoms with van der Waals surface area (Å²) < 4.78 is 5.11. The summed E-state index contributed by atoms with van der Waals surface area (Å²) in [5, 5.41) is 3.49. The molecule has 1 heterocycles. The molecule has 0 amide bonds. The Hall–Kier alpha value is -1.16. The summed E-state index contributed by atoms with van der Waals surface area (Å²) in [4.78, 5) is 8.33. The molecule has 0 bridgehead atoms. The van der Waals surface area contributed by atoms with Gasteiger partial charge >= 0.3 is 0 Å². The fraction of sp³-hybridized carbons (Fsp3) is 0.667. The Kier molecular flexibility index (Phi) is 5.78. The Morgan fingerprint density at radius 1 is 1.31 bits per heavy atom. The van der Waals surface area contributed by atoms with Crippen molar-refractivity contribution in [2.45, 2.75) is 39.2 Å². The van der Waals surface area contributed by atoms with E-state index in [0.29, 0.717) is 11.9 Å². The van der Waals surface area contributed by atoms with E-state index < -0.39 is 0 Å². The summed E-state index contributed by atoms with van der Waals surface area (Å²) in [5.41, 5.74) is 1.02. The van der Waals surface area contributed by atoms with Gasteiger partial charge in [-0.15, -0.1) is 0 Å². The molecule has 4 nitrogen and oxygen atoms in total. The van der Waals surface area contributed by atoms with Crippen LogP contribution >= 0.6 is 0 Å². The molecule has 90 valence electrons. The Morgan fingerprint density at radius 2 is 2.12 bits per heavy atom. The van der Waals surface area contributed by atoms with Gasteiger partial charge in [-0.25, -0.2) is 9.97 Å². The zero-order chi connectivity index (χ0) is 11.8. The third-order valence-corrected chi connectivity index (χ3v) is 2.45. The van der Waals surface area contributed by atoms with E-state index >= 15 is 0 Å². The standard InChI is InChI=1S/C12H21N3O/c1-4-6-10(13-7-5-2)11-8-12(16-3)15-9-14-11/h8-10,13H,4-7H2,1-3H3. The first kappa shape index (κ1) is 12.9. The number of nitrogens with one attached hydrogen (secondary N) is 1. The Morgan fingerprint density at radius 3 is 2.75 bits per heavy atom. The van der Waals surface area contributed by atoms with Crippen LogP contribution in [0.1, 0.15) is 44.8 Å². The molecule has 0 aliphatic heterocycles. The van der Waals surface area contributed by atoms with E-state index in [1.807, 2.05) is 6.07 Å². The van der Waals surface area contributed by atoms with Gasteiger partial charge in [0, 0.05) is 12.1 Å². The molecule has 0 aliphatic carbocycles. The van der Waals surface area contributed by atoms with Gasteiger partial charge in [0.2, 0.25) is 5.88 Å². The first-order chi connectivity index (χ1) is 7.81. The third kappa shape index (κ3) is 3.77. The van der Waals surface area contributed by atoms with E-state index in [1.54, 1.807) is 13.4 Å². The molecule has 0 saturated heterocycles. The van der Waals surface area contributed by atoms with Crippen molar-refractivity contribution in [2.75, 3.05) is 13.7 Å². The van der Waals surface area contributed by atoms with E-state index in [9.17, 15) is 0 Å². The van der Waals surface area contributed by atoms with Crippen molar-refractivity contribution in [2.24, 2.45) is 0 Å². The lowest BCUT2D eigenvalue weighted by molar-refractivity contribution is 0.392. The van der Waals surface area contributed by atoms with Crippen molar-refractivity contribution in [3.8, 4) is 5.88 Å². The van der Waals surface area contributed by atoms with E-state index in [4.69, 9.17) is 4.74 Å². The lowest BCUT2D eigenvalue weighted by atomic mass is 10.1. The third-order valence-electron chi connectivity index (χ3n) is 2.45. The van der Waals surface area contributed by atoms with Crippen LogP contribution in [0.5, 0.6) is 5.88 Å². The smallest absolute Gasteiger partial charge is 0.216 e. The van der Waals surface area contributed by atoms with Crippen LogP contribution in [-0.2, 0) is 0 Å². The predicted octanol–water partition coefficient (Wildman–Crippen LogP) is 2.33. The minimum atomic E-state index is 0.307. The summed E-state index contributed by atoms with van der Waals surface area (Å²) in [6, 6.07) is 2.21. The molecule has 0 aromatic carbocycles. The van der Waals surface area contributed by atoms with Gasteiger partial charge in [-0.1, -0.05) is 20.3 Å². The first-order valence-electron chi connectivity index (χ1n) is 5.91. The van der Waals surface area contributed by atoms with Gasteiger partial charge < -0.3 is 10.1 Å². The average molecular weight is 223 g/mol. The summed E-state index contributed by atoms with van der Waals surface area (Å²) >= 11 is 0. The number of hydrogen-bond donors (Lipinski definition) is 1. The quantitative estimate of drug-likeness (QED) is 0.770. The van der Waals surface area contributed by atoms with Crippen LogP contribution < -0.4 is 10.1 Å². The van der Waals surface area contributed by atoms with Crippen LogP contribution in [0.4, 0.5) is 0 Å². The highest BCUT2D eigenvalue weighted by Gasteiger charge is 2.11. The van der Waals surface area contributed by atoms with Crippen LogP contribution in [0.25, 0.3) is 0 Å². The van der Waals surface area contributed by atoms with Crippen molar-refractivity contribution < 1.29 is 4.74 Å². The number of aromatic nitrogens is 2. The molecule has 1 atom stereocenters. The van der Waals surface area contributed by atoms with E-state index in [2.05, 4.69) is 29.1 Å². The number of rotatable bonds is 7. The summed E-state index contributed by atoms with van der Waals surface area (Å²) in [6.45, 7) is 5.35. The molecule has 0 radical (unpaired) electrons. The molecule has 1 rings (SSSR count). The second-order valence-corrected chi connectivity index (χ2v) is 3.78. The second kappa shape index (κ2) is 7.17. The lowest BCUT2D eigenvalue weighted by Gasteiger charge is -2.17. The van der Waals surface area contributed by atoms with Gasteiger partial charge in [0.1, 0.15) is 6.33 Å². The molecule has 0 aliphatic rings. The highest BCUT2D eigenvalue weighted by atomic mass is 16.5. The number of ether oxygens (including phenoxy) is 1. The zero-order valence-electron chi connectivity index (χ0n) is 10.4. The molecule has 0 fully saturated rings. The van der Waals surface area contributed by atoms with E-state index in [1.165, 1.54) is 0 Å². The molecular weight excluding hydrogens is 202 g/mol. The van der Waals surface area contributed by atoms with Gasteiger partial charge in [-0.05, 0) is 19.4 Å². The molecule has 0 saturated carbocycles. The Balaban J connectivity index is 2.73. The molecule has 1 aromatic heterocycles. The fourth-order valence-corrected chi connectivity index (χ4v) is 1.62. The minimum absolute atomic E-state index is 0.307. The minimum Gasteiger partial charge on any atom is -0.481 e. The maximum absolute atomic E-state index is 5.11. The van der Waals surface area contributed by atoms with Crippen LogP contribution in [0, 0.1) is 0 Å². The van der Waals surface area contributed by atoms with Crippen molar-refractivity contribution in [1.82, 2.24) is 15.3 Å². The molecular formula is C12H21N3O. The first-order valence-corrected chi connectivity index (χ1v) is 5.91. The van der Waals surface area contributed by atoms with Crippen molar-refractivity contribution in [3.05, 3.63) is 18.1 Å². The summed E-state index contributed by atoms with van der Waals surface area (Å²) in [5.74, 6) is 0.629. The van der Waals surface area contributed by atoms with Gasteiger partial charge in [0.25, 0.3) is 0 Å². The molecule has 1 N–H and O–H groups in total. The van der Waals surface area contributed by atoms with Gasteiger partial charge in [0.15, 0.2) is 0 Å². The fourth-order valence-electron chi connectivity index (χ4n) is 1.62. The molecule has 16 heavy (non-hydrogen) atoms. The van der Waals surface area contributed by atoms with Gasteiger partial charge in [0.05, 0.1) is 12.8 Å². The van der Waals surface area contributed by atoms with Gasteiger partial charge in [-0.3, -0.25) is 0 Å². The predicted molar refractivity (Wildman–Crippen MR) is 64.5 cm³/mol. The highest BCUT2D eigenvalue weighted by molar-refractivity contribution is 5.16. The lowest BCUT2D eigenvalue weighted by Crippen LogP contribution is -2.23. The van der Waals surface area contributed by atoms with Crippen LogP contribution in [0.15, 0.2) is 12.4 Å². The maximum atomic E-state index is 5.11. The monoisotopic (exact) mass is 223 g/mol. The van der Waals surface area contributed by atoms with Crippen molar-refractivity contribution >= 4 is 0 Å². The number of nitrogens with zero attached hydrogens (tertiary/aromatic N) is 2. The van der Waals surface area contributed by atoms with Crippen LogP contribution in [0.3, 0.4) is 0 Å². The van der Waals surface area contributed by atoms with Gasteiger partial charge in [-0.2, -0.15) is 0 Å². The average Bonchev–Trinajstić information content (AvgIpc) is 2.34. The molecule has 1 unspecified atom stereocenters. The van der Waals surface area contributed by atoms with Crippen molar-refractivity contribution in [1.29, 1.82) is 0 Å². The number of hydrogen-bond acceptors (Lipinski definition) is 4. The maximum Gasteiger partial charge on any atom is 0.216 e. The Labute approximate surface area is 97.5 Å². The molecule has 0 spiro atoms.